The molecule has 1 aliphatic heterocycles. The van der Waals surface area contributed by atoms with Crippen LogP contribution in [0.4, 0.5) is 19.2 Å². The van der Waals surface area contributed by atoms with E-state index >= 15 is 0 Å². The number of anilines is 1. The number of aromatic nitrogens is 3. The van der Waals surface area contributed by atoms with Crippen molar-refractivity contribution in [2.45, 2.75) is 63.3 Å². The Kier molecular flexibility index (Phi) is 7.68. The minimum Gasteiger partial charge on any atom is -0.489 e. The lowest BCUT2D eigenvalue weighted by atomic mass is 9.98. The summed E-state index contributed by atoms with van der Waals surface area (Å²) in [6.45, 7) is 0.835. The summed E-state index contributed by atoms with van der Waals surface area (Å²) in [7, 11) is 0. The number of piperidine rings is 1. The van der Waals surface area contributed by atoms with Gasteiger partial charge in [-0.3, -0.25) is 4.98 Å². The zero-order chi connectivity index (χ0) is 22.3. The average molecular weight is 439 g/mol. The van der Waals surface area contributed by atoms with Crippen LogP contribution in [0, 0.1) is 11.3 Å². The van der Waals surface area contributed by atoms with Gasteiger partial charge in [-0.2, -0.15) is 23.4 Å². The molecule has 0 spiro atoms. The Morgan fingerprint density at radius 2 is 1.87 bits per heavy atom. The second-order valence-corrected chi connectivity index (χ2v) is 7.48. The van der Waals surface area contributed by atoms with Gasteiger partial charge in [-0.1, -0.05) is 6.42 Å². The van der Waals surface area contributed by atoms with Gasteiger partial charge in [0.15, 0.2) is 0 Å². The second-order valence-electron chi connectivity index (χ2n) is 7.48. The van der Waals surface area contributed by atoms with E-state index in [1.165, 1.54) is 24.2 Å². The molecular weight excluding hydrogens is 415 g/mol. The van der Waals surface area contributed by atoms with Gasteiger partial charge in [0, 0.05) is 25.5 Å². The Morgan fingerprint density at radius 1 is 1.16 bits per heavy atom. The van der Waals surface area contributed by atoms with Crippen LogP contribution in [0.1, 0.15) is 56.3 Å². The van der Waals surface area contributed by atoms with Crippen molar-refractivity contribution in [2.24, 2.45) is 0 Å². The van der Waals surface area contributed by atoms with Crippen molar-refractivity contribution in [2.75, 3.05) is 18.0 Å². The second kappa shape index (κ2) is 10.4. The number of nitrogens with zero attached hydrogens (tertiary/aromatic N) is 5. The molecule has 31 heavy (non-hydrogen) atoms. The molecule has 0 atom stereocenters. The highest BCUT2D eigenvalue weighted by molar-refractivity contribution is 5.40. The Morgan fingerprint density at radius 3 is 2.48 bits per heavy atom. The van der Waals surface area contributed by atoms with E-state index in [2.05, 4.69) is 25.7 Å². The first-order valence-electron chi connectivity index (χ1n) is 10.2. The minimum atomic E-state index is -4.59. The van der Waals surface area contributed by atoms with Crippen molar-refractivity contribution in [1.82, 2.24) is 15.1 Å². The van der Waals surface area contributed by atoms with Crippen molar-refractivity contribution in [1.29, 1.82) is 5.26 Å². The molecule has 0 unspecified atom stereocenters. The molecule has 0 bridgehead atoms. The minimum absolute atomic E-state index is 0.140. The van der Waals surface area contributed by atoms with E-state index in [0.29, 0.717) is 37.2 Å². The molecule has 2 aromatic heterocycles. The average Bonchev–Trinajstić information content (AvgIpc) is 3.27. The fourth-order valence-electron chi connectivity index (χ4n) is 3.45. The highest BCUT2D eigenvalue weighted by Gasteiger charge is 2.38. The van der Waals surface area contributed by atoms with Gasteiger partial charge in [-0.05, 0) is 49.7 Å². The monoisotopic (exact) mass is 439 g/mol. The lowest BCUT2D eigenvalue weighted by Gasteiger charge is -2.27. The van der Waals surface area contributed by atoms with E-state index in [1.807, 2.05) is 0 Å². The molecule has 4 rings (SSSR count). The molecule has 2 fully saturated rings. The number of alkyl halides is 3. The Hall–Kier alpha value is -2.87. The maximum atomic E-state index is 12.2. The van der Waals surface area contributed by atoms with Crippen LogP contribution >= 0.6 is 0 Å². The first-order chi connectivity index (χ1) is 14.9. The fraction of sp³-hybridized carbons (Fsp3) is 0.600. The molecule has 1 N–H and O–H groups in total. The van der Waals surface area contributed by atoms with Crippen molar-refractivity contribution in [3.05, 3.63) is 29.8 Å². The fourth-order valence-corrected chi connectivity index (χ4v) is 3.45. The van der Waals surface area contributed by atoms with Gasteiger partial charge in [-0.25, -0.2) is 0 Å². The maximum Gasteiger partial charge on any atom is 0.455 e. The van der Waals surface area contributed by atoms with Gasteiger partial charge < -0.3 is 19.3 Å². The van der Waals surface area contributed by atoms with Gasteiger partial charge in [0.05, 0.1) is 12.2 Å². The van der Waals surface area contributed by atoms with Crippen LogP contribution in [-0.2, 0) is 6.18 Å². The number of aliphatic hydroxyl groups is 1. The lowest BCUT2D eigenvalue weighted by Crippen LogP contribution is -2.36. The summed E-state index contributed by atoms with van der Waals surface area (Å²) < 4.78 is 46.9. The summed E-state index contributed by atoms with van der Waals surface area (Å²) in [6.07, 6.45) is 5.48. The Bertz CT molecular complexity index is 869. The lowest BCUT2D eigenvalue weighted by molar-refractivity contribution is -0.146. The van der Waals surface area contributed by atoms with Crippen molar-refractivity contribution in [3.63, 3.8) is 0 Å². The molecule has 0 radical (unpaired) electrons. The largest absolute Gasteiger partial charge is 0.489 e. The number of hydrogen-bond acceptors (Lipinski definition) is 8. The summed E-state index contributed by atoms with van der Waals surface area (Å²) in [5.41, 5.74) is 0.531. The zero-order valence-electron chi connectivity index (χ0n) is 16.9. The van der Waals surface area contributed by atoms with Crippen LogP contribution in [-0.4, -0.2) is 45.5 Å². The highest BCUT2D eigenvalue weighted by Crippen LogP contribution is 2.29. The van der Waals surface area contributed by atoms with E-state index in [9.17, 15) is 18.3 Å². The molecule has 0 amide bonds. The van der Waals surface area contributed by atoms with E-state index in [1.54, 1.807) is 18.5 Å². The summed E-state index contributed by atoms with van der Waals surface area (Å²) in [5, 5.41) is 21.0. The molecule has 2 aromatic rings. The van der Waals surface area contributed by atoms with Crippen LogP contribution in [0.15, 0.2) is 23.0 Å². The quantitative estimate of drug-likeness (QED) is 0.771. The molecule has 3 heterocycles. The summed E-state index contributed by atoms with van der Waals surface area (Å²) >= 11 is 0. The number of hydrogen-bond donors (Lipinski definition) is 1. The first kappa shape index (κ1) is 22.8. The highest BCUT2D eigenvalue weighted by atomic mass is 19.4. The standard InChI is InChI=1S/C12H14N2O.C8H10F3N3O2/c13-8-10-9-14-7-6-12(10)15-11-4-2-1-3-5-11;9-8(10,11)6-12-7(16-13-6)14-3-1-5(15)2-4-14/h6-7,9,11H,1-5H2;5,15H,1-4H2. The first-order valence-corrected chi connectivity index (χ1v) is 10.2. The Labute approximate surface area is 177 Å². The molecule has 8 nitrogen and oxygen atoms in total. The summed E-state index contributed by atoms with van der Waals surface area (Å²) in [5.74, 6) is -0.590. The number of pyridine rings is 1. The van der Waals surface area contributed by atoms with E-state index in [4.69, 9.17) is 10.00 Å². The molecule has 0 aromatic carbocycles. The predicted octanol–water partition coefficient (Wildman–Crippen LogP) is 3.71. The van der Waals surface area contributed by atoms with Gasteiger partial charge in [0.25, 0.3) is 5.82 Å². The molecule has 1 saturated carbocycles. The van der Waals surface area contributed by atoms with Crippen LogP contribution in [0.2, 0.25) is 0 Å². The van der Waals surface area contributed by atoms with E-state index < -0.39 is 18.1 Å². The third-order valence-electron chi connectivity index (χ3n) is 5.15. The van der Waals surface area contributed by atoms with Crippen LogP contribution < -0.4 is 9.64 Å². The summed E-state index contributed by atoms with van der Waals surface area (Å²) in [6, 6.07) is 3.73. The third kappa shape index (κ3) is 6.55. The van der Waals surface area contributed by atoms with Crippen LogP contribution in [0.3, 0.4) is 0 Å². The van der Waals surface area contributed by atoms with Gasteiger partial charge in [-0.15, -0.1) is 0 Å². The molecule has 168 valence electrons. The smallest absolute Gasteiger partial charge is 0.455 e. The number of nitriles is 1. The molecular formula is C20H24F3N5O3. The number of aliphatic hydroxyl groups excluding tert-OH is 1. The molecule has 11 heteroatoms. The number of halogens is 3. The van der Waals surface area contributed by atoms with E-state index in [-0.39, 0.29) is 12.1 Å². The normalized spacial score (nSPS) is 18.1. The van der Waals surface area contributed by atoms with Crippen LogP contribution in [0.5, 0.6) is 5.75 Å². The van der Waals surface area contributed by atoms with Gasteiger partial charge in [0.2, 0.25) is 0 Å². The summed E-state index contributed by atoms with van der Waals surface area (Å²) in [4.78, 5) is 8.72. The SMILES string of the molecule is N#Cc1cnccc1OC1CCCCC1.OC1CCN(c2nc(C(F)(F)F)no2)CC1. The van der Waals surface area contributed by atoms with E-state index in [0.717, 1.165) is 12.8 Å². The van der Waals surface area contributed by atoms with Crippen LogP contribution in [0.25, 0.3) is 0 Å². The topological polar surface area (TPSA) is 108 Å². The van der Waals surface area contributed by atoms with Gasteiger partial charge >= 0.3 is 12.2 Å². The van der Waals surface area contributed by atoms with Gasteiger partial charge in [0.1, 0.15) is 17.4 Å². The zero-order valence-corrected chi connectivity index (χ0v) is 16.9. The van der Waals surface area contributed by atoms with Crippen molar-refractivity contribution >= 4 is 6.01 Å². The maximum absolute atomic E-state index is 12.2. The third-order valence-corrected chi connectivity index (χ3v) is 5.15. The molecule has 1 aliphatic carbocycles. The molecule has 2 aliphatic rings. The van der Waals surface area contributed by atoms with Crippen molar-refractivity contribution in [3.8, 4) is 11.8 Å². The number of rotatable bonds is 3. The molecule has 1 saturated heterocycles. The Balaban J connectivity index is 0.000000176. The van der Waals surface area contributed by atoms with Crippen molar-refractivity contribution < 1.29 is 27.5 Å². The predicted molar refractivity (Wildman–Crippen MR) is 103 cm³/mol. The number of ether oxygens (including phenoxy) is 1.